The van der Waals surface area contributed by atoms with Gasteiger partial charge in [0.05, 0.1) is 21.9 Å². The van der Waals surface area contributed by atoms with Crippen molar-refractivity contribution in [3.63, 3.8) is 0 Å². The minimum absolute atomic E-state index is 0.00797. The number of alkyl halides is 3. The van der Waals surface area contributed by atoms with Crippen molar-refractivity contribution in [3.05, 3.63) is 23.8 Å². The molecule has 2 aromatic rings. The Bertz CT molecular complexity index is 589. The zero-order valence-corrected chi connectivity index (χ0v) is 9.92. The number of aliphatic hydroxyl groups is 1. The lowest BCUT2D eigenvalue weighted by atomic mass is 10.2. The third-order valence-electron chi connectivity index (χ3n) is 2.85. The summed E-state index contributed by atoms with van der Waals surface area (Å²) in [5.74, 6) is 0. The monoisotopic (exact) mass is 274 g/mol. The van der Waals surface area contributed by atoms with Gasteiger partial charge in [-0.1, -0.05) is 17.4 Å². The van der Waals surface area contributed by atoms with E-state index in [4.69, 9.17) is 0 Å². The van der Waals surface area contributed by atoms with Gasteiger partial charge in [0.15, 0.2) is 5.13 Å². The van der Waals surface area contributed by atoms with Gasteiger partial charge in [-0.05, 0) is 12.1 Å². The predicted octanol–water partition coefficient (Wildman–Crippen LogP) is 2.50. The first-order valence-electron chi connectivity index (χ1n) is 5.35. The predicted molar refractivity (Wildman–Crippen MR) is 62.8 cm³/mol. The van der Waals surface area contributed by atoms with Crippen LogP contribution in [0.3, 0.4) is 0 Å². The molecule has 0 amide bonds. The molecule has 0 spiro atoms. The summed E-state index contributed by atoms with van der Waals surface area (Å²) in [7, 11) is 0. The second-order valence-electron chi connectivity index (χ2n) is 4.21. The zero-order valence-electron chi connectivity index (χ0n) is 9.11. The minimum Gasteiger partial charge on any atom is -0.389 e. The largest absolute Gasteiger partial charge is 0.418 e. The molecule has 3 rings (SSSR count). The molecular weight excluding hydrogens is 265 g/mol. The van der Waals surface area contributed by atoms with E-state index in [-0.39, 0.29) is 5.52 Å². The van der Waals surface area contributed by atoms with Crippen molar-refractivity contribution in [2.45, 2.75) is 12.3 Å². The highest BCUT2D eigenvalue weighted by Crippen LogP contribution is 2.39. The maximum Gasteiger partial charge on any atom is 0.418 e. The lowest BCUT2D eigenvalue weighted by Crippen LogP contribution is -2.50. The number of hydrogen-bond acceptors (Lipinski definition) is 4. The Labute approximate surface area is 104 Å². The van der Waals surface area contributed by atoms with Crippen molar-refractivity contribution in [3.8, 4) is 0 Å². The number of nitrogens with zero attached hydrogens (tertiary/aromatic N) is 2. The van der Waals surface area contributed by atoms with Crippen molar-refractivity contribution in [1.82, 2.24) is 4.98 Å². The summed E-state index contributed by atoms with van der Waals surface area (Å²) in [4.78, 5) is 5.82. The van der Waals surface area contributed by atoms with Gasteiger partial charge >= 0.3 is 6.18 Å². The number of halogens is 3. The highest BCUT2D eigenvalue weighted by Gasteiger charge is 2.34. The van der Waals surface area contributed by atoms with Crippen LogP contribution < -0.4 is 4.90 Å². The molecule has 96 valence electrons. The van der Waals surface area contributed by atoms with Crippen molar-refractivity contribution in [2.75, 3.05) is 18.0 Å². The first-order valence-corrected chi connectivity index (χ1v) is 6.16. The molecule has 0 unspecified atom stereocenters. The Balaban J connectivity index is 2.06. The second kappa shape index (κ2) is 3.83. The van der Waals surface area contributed by atoms with E-state index >= 15 is 0 Å². The Hall–Kier alpha value is -1.34. The van der Waals surface area contributed by atoms with Crippen LogP contribution in [0.4, 0.5) is 18.3 Å². The molecule has 0 saturated carbocycles. The first-order chi connectivity index (χ1) is 8.45. The maximum atomic E-state index is 12.8. The van der Waals surface area contributed by atoms with Crippen LogP contribution in [0, 0.1) is 0 Å². The highest BCUT2D eigenvalue weighted by atomic mass is 32.1. The number of aliphatic hydroxyl groups excluding tert-OH is 1. The molecule has 1 aliphatic rings. The number of hydrogen-bond donors (Lipinski definition) is 1. The summed E-state index contributed by atoms with van der Waals surface area (Å²) < 4.78 is 38.9. The van der Waals surface area contributed by atoms with Gasteiger partial charge in [0.25, 0.3) is 0 Å². The van der Waals surface area contributed by atoms with Gasteiger partial charge in [-0.25, -0.2) is 4.98 Å². The van der Waals surface area contributed by atoms with Crippen molar-refractivity contribution in [1.29, 1.82) is 0 Å². The number of anilines is 1. The van der Waals surface area contributed by atoms with Crippen molar-refractivity contribution < 1.29 is 18.3 Å². The SMILES string of the molecule is OC1CN(c2nc3c(C(F)(F)F)cccc3s2)C1. The van der Waals surface area contributed by atoms with Gasteiger partial charge < -0.3 is 10.0 Å². The van der Waals surface area contributed by atoms with E-state index in [1.807, 2.05) is 0 Å². The van der Waals surface area contributed by atoms with Crippen LogP contribution in [0.15, 0.2) is 18.2 Å². The van der Waals surface area contributed by atoms with E-state index in [0.29, 0.717) is 22.9 Å². The third kappa shape index (κ3) is 1.83. The van der Waals surface area contributed by atoms with Gasteiger partial charge in [-0.3, -0.25) is 0 Å². The van der Waals surface area contributed by atoms with E-state index in [2.05, 4.69) is 4.98 Å². The molecule has 1 aromatic heterocycles. The van der Waals surface area contributed by atoms with Crippen molar-refractivity contribution in [2.24, 2.45) is 0 Å². The number of aromatic nitrogens is 1. The number of fused-ring (bicyclic) bond motifs is 1. The number of thiazole rings is 1. The molecule has 0 radical (unpaired) electrons. The van der Waals surface area contributed by atoms with Gasteiger partial charge in [0.2, 0.25) is 0 Å². The van der Waals surface area contributed by atoms with Crippen LogP contribution >= 0.6 is 11.3 Å². The molecule has 1 fully saturated rings. The topological polar surface area (TPSA) is 36.4 Å². The van der Waals surface area contributed by atoms with E-state index in [1.165, 1.54) is 17.4 Å². The maximum absolute atomic E-state index is 12.8. The minimum atomic E-state index is -4.39. The molecule has 2 heterocycles. The van der Waals surface area contributed by atoms with Crippen LogP contribution in [0.5, 0.6) is 0 Å². The first kappa shape index (κ1) is 11.7. The summed E-state index contributed by atoms with van der Waals surface area (Å²) in [6, 6.07) is 4.05. The number of rotatable bonds is 1. The molecule has 1 aliphatic heterocycles. The van der Waals surface area contributed by atoms with Crippen molar-refractivity contribution >= 4 is 26.7 Å². The summed E-state index contributed by atoms with van der Waals surface area (Å²) in [5, 5.41) is 9.73. The number of benzene rings is 1. The molecule has 18 heavy (non-hydrogen) atoms. The van der Waals surface area contributed by atoms with Crippen LogP contribution in [-0.2, 0) is 6.18 Å². The fraction of sp³-hybridized carbons (Fsp3) is 0.364. The van der Waals surface area contributed by atoms with Gasteiger partial charge in [0, 0.05) is 13.1 Å². The summed E-state index contributed by atoms with van der Waals surface area (Å²) in [6.45, 7) is 0.863. The molecule has 1 N–H and O–H groups in total. The Morgan fingerprint density at radius 2 is 2.06 bits per heavy atom. The Morgan fingerprint density at radius 1 is 1.33 bits per heavy atom. The Kier molecular flexibility index (Phi) is 2.49. The summed E-state index contributed by atoms with van der Waals surface area (Å²) in [5.41, 5.74) is -0.713. The van der Waals surface area contributed by atoms with Gasteiger partial charge in [0.1, 0.15) is 0 Å². The fourth-order valence-electron chi connectivity index (χ4n) is 1.91. The van der Waals surface area contributed by atoms with E-state index < -0.39 is 17.8 Å². The van der Waals surface area contributed by atoms with Crippen LogP contribution in [-0.4, -0.2) is 29.3 Å². The van der Waals surface area contributed by atoms with Crippen LogP contribution in [0.25, 0.3) is 10.2 Å². The number of β-amino-alcohol motifs (C(OH)–C–C–N with tert-alkyl or cyclic N) is 1. The van der Waals surface area contributed by atoms with E-state index in [9.17, 15) is 18.3 Å². The fourth-order valence-corrected chi connectivity index (χ4v) is 2.92. The summed E-state index contributed by atoms with van der Waals surface area (Å²) >= 11 is 1.22. The van der Waals surface area contributed by atoms with Gasteiger partial charge in [-0.15, -0.1) is 0 Å². The smallest absolute Gasteiger partial charge is 0.389 e. The standard InChI is InChI=1S/C11H9F3N2OS/c12-11(13,14)7-2-1-3-8-9(7)15-10(18-8)16-4-6(17)5-16/h1-3,6,17H,4-5H2. The van der Waals surface area contributed by atoms with Crippen LogP contribution in [0.2, 0.25) is 0 Å². The lowest BCUT2D eigenvalue weighted by molar-refractivity contribution is -0.136. The van der Waals surface area contributed by atoms with Gasteiger partial charge in [-0.2, -0.15) is 13.2 Å². The quantitative estimate of drug-likeness (QED) is 0.868. The van der Waals surface area contributed by atoms with E-state index in [0.717, 1.165) is 6.07 Å². The lowest BCUT2D eigenvalue weighted by Gasteiger charge is -2.35. The molecule has 1 saturated heterocycles. The molecule has 0 bridgehead atoms. The Morgan fingerprint density at radius 3 is 2.67 bits per heavy atom. The molecule has 7 heteroatoms. The molecular formula is C11H9F3N2OS. The molecule has 1 aromatic carbocycles. The average Bonchev–Trinajstić information content (AvgIpc) is 2.65. The molecule has 0 atom stereocenters. The van der Waals surface area contributed by atoms with E-state index in [1.54, 1.807) is 11.0 Å². The second-order valence-corrected chi connectivity index (χ2v) is 5.21. The van der Waals surface area contributed by atoms with Crippen LogP contribution in [0.1, 0.15) is 5.56 Å². The summed E-state index contributed by atoms with van der Waals surface area (Å²) in [6.07, 6.45) is -4.79. The normalized spacial score (nSPS) is 17.2. The highest BCUT2D eigenvalue weighted by molar-refractivity contribution is 7.22. The average molecular weight is 274 g/mol. The number of para-hydroxylation sites is 1. The zero-order chi connectivity index (χ0) is 12.9. The molecule has 0 aliphatic carbocycles. The molecule has 3 nitrogen and oxygen atoms in total. The third-order valence-corrected chi connectivity index (χ3v) is 3.93.